The van der Waals surface area contributed by atoms with Crippen LogP contribution in [0.1, 0.15) is 31.8 Å². The minimum atomic E-state index is -0.585. The number of benzene rings is 3. The van der Waals surface area contributed by atoms with Crippen molar-refractivity contribution in [1.29, 1.82) is 0 Å². The molecule has 6 heteroatoms. The first-order valence-corrected chi connectivity index (χ1v) is 9.16. The molecule has 0 amide bonds. The summed E-state index contributed by atoms with van der Waals surface area (Å²) in [4.78, 5) is 24.8. The van der Waals surface area contributed by atoms with Crippen LogP contribution in [-0.4, -0.2) is 11.9 Å². The lowest BCUT2D eigenvalue weighted by atomic mass is 10.1. The Morgan fingerprint density at radius 3 is 1.50 bits per heavy atom. The summed E-state index contributed by atoms with van der Waals surface area (Å²) < 4.78 is 10.7. The fourth-order valence-corrected chi connectivity index (χ4v) is 2.70. The maximum atomic E-state index is 12.4. The Hall–Kier alpha value is -2.82. The zero-order valence-corrected chi connectivity index (χ0v) is 16.7. The quantitative estimate of drug-likeness (QED) is 0.385. The van der Waals surface area contributed by atoms with Crippen LogP contribution in [0.25, 0.3) is 0 Å². The zero-order valence-electron chi connectivity index (χ0n) is 15.2. The van der Waals surface area contributed by atoms with Crippen LogP contribution in [0.4, 0.5) is 0 Å². The highest BCUT2D eigenvalue weighted by Gasteiger charge is 2.15. The predicted molar refractivity (Wildman–Crippen MR) is 109 cm³/mol. The number of carbonyl (C=O) groups is 2. The SMILES string of the molecule is Cc1cc(OC(=O)c2cccc(C(=O)Oc3ccc(Cl)c(C)c3)c2)ccc1Cl. The van der Waals surface area contributed by atoms with E-state index in [2.05, 4.69) is 0 Å². The van der Waals surface area contributed by atoms with Crippen molar-refractivity contribution in [2.24, 2.45) is 0 Å². The van der Waals surface area contributed by atoms with Gasteiger partial charge in [-0.25, -0.2) is 9.59 Å². The van der Waals surface area contributed by atoms with Crippen LogP contribution < -0.4 is 9.47 Å². The Morgan fingerprint density at radius 1 is 0.679 bits per heavy atom. The molecule has 0 aliphatic heterocycles. The summed E-state index contributed by atoms with van der Waals surface area (Å²) in [5, 5.41) is 1.17. The molecule has 0 unspecified atom stereocenters. The molecule has 142 valence electrons. The van der Waals surface area contributed by atoms with E-state index in [-0.39, 0.29) is 11.1 Å². The van der Waals surface area contributed by atoms with E-state index < -0.39 is 11.9 Å². The molecule has 0 N–H and O–H groups in total. The number of carbonyl (C=O) groups excluding carboxylic acids is 2. The van der Waals surface area contributed by atoms with E-state index in [1.807, 2.05) is 13.8 Å². The maximum absolute atomic E-state index is 12.4. The van der Waals surface area contributed by atoms with Crippen LogP contribution in [0.3, 0.4) is 0 Å². The van der Waals surface area contributed by atoms with Crippen LogP contribution in [0.5, 0.6) is 11.5 Å². The van der Waals surface area contributed by atoms with Gasteiger partial charge in [-0.1, -0.05) is 29.3 Å². The zero-order chi connectivity index (χ0) is 20.3. The van der Waals surface area contributed by atoms with E-state index in [0.717, 1.165) is 11.1 Å². The van der Waals surface area contributed by atoms with Crippen molar-refractivity contribution in [3.63, 3.8) is 0 Å². The van der Waals surface area contributed by atoms with Gasteiger partial charge in [0, 0.05) is 10.0 Å². The smallest absolute Gasteiger partial charge is 0.343 e. The third-order valence-corrected chi connectivity index (χ3v) is 4.86. The molecule has 0 heterocycles. The predicted octanol–water partition coefficient (Wildman–Crippen LogP) is 6.05. The van der Waals surface area contributed by atoms with Gasteiger partial charge in [0.05, 0.1) is 11.1 Å². The molecule has 4 nitrogen and oxygen atoms in total. The summed E-state index contributed by atoms with van der Waals surface area (Å²) in [5.41, 5.74) is 2.05. The van der Waals surface area contributed by atoms with Gasteiger partial charge in [-0.3, -0.25) is 0 Å². The van der Waals surface area contributed by atoms with Gasteiger partial charge in [-0.05, 0) is 79.6 Å². The van der Waals surface area contributed by atoms with Crippen molar-refractivity contribution in [2.75, 3.05) is 0 Å². The molecule has 0 radical (unpaired) electrons. The number of esters is 2. The van der Waals surface area contributed by atoms with Crippen molar-refractivity contribution in [2.45, 2.75) is 13.8 Å². The highest BCUT2D eigenvalue weighted by atomic mass is 35.5. The molecule has 0 bridgehead atoms. The normalized spacial score (nSPS) is 10.4. The molecule has 0 aliphatic carbocycles. The Balaban J connectivity index is 1.75. The minimum absolute atomic E-state index is 0.231. The van der Waals surface area contributed by atoms with E-state index in [1.54, 1.807) is 54.6 Å². The van der Waals surface area contributed by atoms with Crippen LogP contribution in [-0.2, 0) is 0 Å². The lowest BCUT2D eigenvalue weighted by Crippen LogP contribution is -2.12. The number of aryl methyl sites for hydroxylation is 2. The Bertz CT molecular complexity index is 979. The standard InChI is InChI=1S/C22H16Cl2O4/c1-13-10-17(6-8-19(13)23)27-21(25)15-4-3-5-16(12-15)22(26)28-18-7-9-20(24)14(2)11-18/h3-12H,1-2H3. The first-order chi connectivity index (χ1) is 13.3. The molecule has 0 saturated carbocycles. The summed E-state index contributed by atoms with van der Waals surface area (Å²) >= 11 is 12.0. The van der Waals surface area contributed by atoms with Gasteiger partial charge >= 0.3 is 11.9 Å². The molecule has 0 aromatic heterocycles. The molecule has 0 saturated heterocycles. The third kappa shape index (κ3) is 4.71. The van der Waals surface area contributed by atoms with E-state index in [0.29, 0.717) is 21.5 Å². The molecule has 0 fully saturated rings. The molecule has 0 aliphatic rings. The lowest BCUT2D eigenvalue weighted by molar-refractivity contribution is 0.0734. The molecule has 3 aromatic carbocycles. The summed E-state index contributed by atoms with van der Waals surface area (Å²) in [5.74, 6) is -0.426. The summed E-state index contributed by atoms with van der Waals surface area (Å²) in [6.07, 6.45) is 0. The number of hydrogen-bond acceptors (Lipinski definition) is 4. The number of ether oxygens (including phenoxy) is 2. The van der Waals surface area contributed by atoms with Crippen molar-refractivity contribution >= 4 is 35.1 Å². The van der Waals surface area contributed by atoms with Gasteiger partial charge < -0.3 is 9.47 Å². The van der Waals surface area contributed by atoms with E-state index in [9.17, 15) is 9.59 Å². The largest absolute Gasteiger partial charge is 0.423 e. The maximum Gasteiger partial charge on any atom is 0.343 e. The average molecular weight is 415 g/mol. The van der Waals surface area contributed by atoms with Crippen molar-refractivity contribution < 1.29 is 19.1 Å². The van der Waals surface area contributed by atoms with Gasteiger partial charge in [-0.15, -0.1) is 0 Å². The van der Waals surface area contributed by atoms with Crippen LogP contribution >= 0.6 is 23.2 Å². The topological polar surface area (TPSA) is 52.6 Å². The monoisotopic (exact) mass is 414 g/mol. The van der Waals surface area contributed by atoms with Crippen molar-refractivity contribution in [3.8, 4) is 11.5 Å². The Labute approximate surface area is 172 Å². The summed E-state index contributed by atoms with van der Waals surface area (Å²) in [7, 11) is 0. The molecule has 0 atom stereocenters. The average Bonchev–Trinajstić information content (AvgIpc) is 2.67. The summed E-state index contributed by atoms with van der Waals surface area (Å²) in [6.45, 7) is 3.63. The highest BCUT2D eigenvalue weighted by Crippen LogP contribution is 2.23. The highest BCUT2D eigenvalue weighted by molar-refractivity contribution is 6.31. The fraction of sp³-hybridized carbons (Fsp3) is 0.0909. The second-order valence-electron chi connectivity index (χ2n) is 6.18. The molecular formula is C22H16Cl2O4. The molecule has 0 spiro atoms. The number of halogens is 2. The van der Waals surface area contributed by atoms with Gasteiger partial charge in [-0.2, -0.15) is 0 Å². The Kier molecular flexibility index (Phi) is 6.02. The van der Waals surface area contributed by atoms with Crippen LogP contribution in [0.2, 0.25) is 10.0 Å². The van der Waals surface area contributed by atoms with Crippen LogP contribution in [0, 0.1) is 13.8 Å². The first kappa shape index (κ1) is 19.9. The van der Waals surface area contributed by atoms with Crippen LogP contribution in [0.15, 0.2) is 60.7 Å². The van der Waals surface area contributed by atoms with Crippen molar-refractivity contribution in [1.82, 2.24) is 0 Å². The van der Waals surface area contributed by atoms with Gasteiger partial charge in [0.1, 0.15) is 11.5 Å². The molecule has 3 aromatic rings. The second kappa shape index (κ2) is 8.46. The van der Waals surface area contributed by atoms with Gasteiger partial charge in [0.2, 0.25) is 0 Å². The van der Waals surface area contributed by atoms with Gasteiger partial charge in [0.25, 0.3) is 0 Å². The van der Waals surface area contributed by atoms with Crippen molar-refractivity contribution in [3.05, 3.63) is 93.0 Å². The summed E-state index contributed by atoms with van der Waals surface area (Å²) in [6, 6.07) is 16.0. The van der Waals surface area contributed by atoms with E-state index >= 15 is 0 Å². The number of hydrogen-bond donors (Lipinski definition) is 0. The van der Waals surface area contributed by atoms with E-state index in [1.165, 1.54) is 6.07 Å². The van der Waals surface area contributed by atoms with Gasteiger partial charge in [0.15, 0.2) is 0 Å². The Morgan fingerprint density at radius 2 is 1.11 bits per heavy atom. The molecule has 3 rings (SSSR count). The first-order valence-electron chi connectivity index (χ1n) is 8.40. The van der Waals surface area contributed by atoms with E-state index in [4.69, 9.17) is 32.7 Å². The minimum Gasteiger partial charge on any atom is -0.423 e. The number of rotatable bonds is 4. The third-order valence-electron chi connectivity index (χ3n) is 4.01. The molecule has 28 heavy (non-hydrogen) atoms. The lowest BCUT2D eigenvalue weighted by Gasteiger charge is -2.08. The molecular weight excluding hydrogens is 399 g/mol. The second-order valence-corrected chi connectivity index (χ2v) is 7.00. The fourth-order valence-electron chi connectivity index (χ4n) is 2.47.